The van der Waals surface area contributed by atoms with Gasteiger partial charge in [0.25, 0.3) is 0 Å². The average molecular weight is 384 g/mol. The summed E-state index contributed by atoms with van der Waals surface area (Å²) in [5.41, 5.74) is 1.19. The first-order chi connectivity index (χ1) is 13.8. The highest BCUT2D eigenvalue weighted by atomic mass is 16.5. The molecule has 150 valence electrons. The minimum atomic E-state index is 0.294. The number of H-pyrrole nitrogens is 1. The summed E-state index contributed by atoms with van der Waals surface area (Å²) in [6.45, 7) is 6.39. The zero-order valence-electron chi connectivity index (χ0n) is 16.4. The second-order valence-electron chi connectivity index (χ2n) is 7.89. The number of aromatic nitrogens is 5. The van der Waals surface area contributed by atoms with E-state index < -0.39 is 0 Å². The van der Waals surface area contributed by atoms with E-state index in [-0.39, 0.29) is 0 Å². The van der Waals surface area contributed by atoms with E-state index >= 15 is 0 Å². The molecule has 0 spiro atoms. The fourth-order valence-electron chi connectivity index (χ4n) is 3.97. The number of ether oxygens (including phenoxy) is 1. The van der Waals surface area contributed by atoms with Crippen LogP contribution in [-0.2, 0) is 4.74 Å². The highest BCUT2D eigenvalue weighted by molar-refractivity contribution is 5.54. The van der Waals surface area contributed by atoms with Crippen LogP contribution in [0.2, 0.25) is 0 Å². The summed E-state index contributed by atoms with van der Waals surface area (Å²) in [7, 11) is 0. The number of anilines is 4. The van der Waals surface area contributed by atoms with Gasteiger partial charge in [0.1, 0.15) is 0 Å². The number of nitrogens with zero attached hydrogens (tertiary/aromatic N) is 6. The van der Waals surface area contributed by atoms with Crippen LogP contribution in [0.25, 0.3) is 0 Å². The van der Waals surface area contributed by atoms with Crippen LogP contribution < -0.4 is 15.1 Å². The van der Waals surface area contributed by atoms with Gasteiger partial charge in [-0.15, -0.1) is 0 Å². The van der Waals surface area contributed by atoms with Gasteiger partial charge < -0.3 is 19.9 Å². The number of nitrogens with one attached hydrogen (secondary N) is 2. The lowest BCUT2D eigenvalue weighted by molar-refractivity contribution is 0.0921. The Labute approximate surface area is 164 Å². The Kier molecular flexibility index (Phi) is 4.76. The van der Waals surface area contributed by atoms with Crippen LogP contribution >= 0.6 is 0 Å². The van der Waals surface area contributed by atoms with Gasteiger partial charge >= 0.3 is 0 Å². The minimum Gasteiger partial charge on any atom is -0.377 e. The molecule has 0 aromatic carbocycles. The van der Waals surface area contributed by atoms with Crippen molar-refractivity contribution in [1.82, 2.24) is 25.1 Å². The summed E-state index contributed by atoms with van der Waals surface area (Å²) < 4.78 is 5.66. The maximum atomic E-state index is 5.66. The molecule has 28 heavy (non-hydrogen) atoms. The van der Waals surface area contributed by atoms with Gasteiger partial charge in [0.2, 0.25) is 17.8 Å². The molecule has 3 fully saturated rings. The van der Waals surface area contributed by atoms with Crippen LogP contribution in [0.1, 0.15) is 50.6 Å². The van der Waals surface area contributed by atoms with Crippen LogP contribution in [0, 0.1) is 0 Å². The van der Waals surface area contributed by atoms with Gasteiger partial charge in [-0.1, -0.05) is 6.92 Å². The Morgan fingerprint density at radius 3 is 2.75 bits per heavy atom. The van der Waals surface area contributed by atoms with E-state index in [9.17, 15) is 0 Å². The fourth-order valence-corrected chi connectivity index (χ4v) is 3.97. The van der Waals surface area contributed by atoms with Gasteiger partial charge in [-0.05, 0) is 32.1 Å². The molecular weight excluding hydrogens is 356 g/mol. The lowest BCUT2D eigenvalue weighted by Crippen LogP contribution is -2.46. The monoisotopic (exact) mass is 384 g/mol. The Morgan fingerprint density at radius 1 is 1.14 bits per heavy atom. The van der Waals surface area contributed by atoms with Crippen molar-refractivity contribution in [2.45, 2.75) is 51.0 Å². The van der Waals surface area contributed by atoms with Gasteiger partial charge in [-0.3, -0.25) is 5.10 Å². The molecule has 1 atom stereocenters. The van der Waals surface area contributed by atoms with Gasteiger partial charge in [-0.25, -0.2) is 0 Å². The largest absolute Gasteiger partial charge is 0.377 e. The molecule has 2 aromatic heterocycles. The maximum Gasteiger partial charge on any atom is 0.235 e. The molecule has 9 nitrogen and oxygen atoms in total. The zero-order chi connectivity index (χ0) is 18.9. The summed E-state index contributed by atoms with van der Waals surface area (Å²) in [4.78, 5) is 18.8. The topological polar surface area (TPSA) is 95.1 Å². The zero-order valence-corrected chi connectivity index (χ0v) is 16.4. The van der Waals surface area contributed by atoms with E-state index in [2.05, 4.69) is 38.3 Å². The second kappa shape index (κ2) is 7.54. The predicted octanol–water partition coefficient (Wildman–Crippen LogP) is 2.43. The van der Waals surface area contributed by atoms with Gasteiger partial charge in [0.05, 0.1) is 19.3 Å². The lowest BCUT2D eigenvalue weighted by Gasteiger charge is -2.35. The van der Waals surface area contributed by atoms with Crippen molar-refractivity contribution in [3.05, 3.63) is 11.8 Å². The van der Waals surface area contributed by atoms with Crippen molar-refractivity contribution in [1.29, 1.82) is 0 Å². The summed E-state index contributed by atoms with van der Waals surface area (Å²) in [5, 5.41) is 10.8. The Bertz CT molecular complexity index is 814. The standard InChI is InChI=1S/C19H28N8O/c1-2-14-12-28-10-9-27(14)19-22-17(21-18(23-19)26-7-3-4-8-26)20-16-11-15(24-25-16)13-5-6-13/h11,13-14H,2-10,12H2,1H3,(H2,20,21,22,23,24,25)/t14-/m1/s1. The van der Waals surface area contributed by atoms with E-state index in [1.165, 1.54) is 31.4 Å². The summed E-state index contributed by atoms with van der Waals surface area (Å²) in [6.07, 6.45) is 5.85. The van der Waals surface area contributed by atoms with Crippen LogP contribution in [-0.4, -0.2) is 64.0 Å². The van der Waals surface area contributed by atoms with Crippen molar-refractivity contribution in [3.63, 3.8) is 0 Å². The summed E-state index contributed by atoms with van der Waals surface area (Å²) >= 11 is 0. The molecule has 1 aliphatic carbocycles. The smallest absolute Gasteiger partial charge is 0.235 e. The number of rotatable bonds is 6. The van der Waals surface area contributed by atoms with E-state index in [0.717, 1.165) is 43.8 Å². The molecule has 0 amide bonds. The molecule has 2 aromatic rings. The van der Waals surface area contributed by atoms with Crippen LogP contribution in [0.15, 0.2) is 6.07 Å². The van der Waals surface area contributed by atoms with Crippen molar-refractivity contribution in [3.8, 4) is 0 Å². The highest BCUT2D eigenvalue weighted by Gasteiger charge is 2.28. The summed E-state index contributed by atoms with van der Waals surface area (Å²) in [6, 6.07) is 2.36. The Morgan fingerprint density at radius 2 is 1.96 bits per heavy atom. The molecule has 2 N–H and O–H groups in total. The number of hydrogen-bond donors (Lipinski definition) is 2. The third-order valence-corrected chi connectivity index (χ3v) is 5.81. The molecule has 9 heteroatoms. The molecule has 0 unspecified atom stereocenters. The molecule has 0 bridgehead atoms. The Balaban J connectivity index is 1.45. The fraction of sp³-hybridized carbons (Fsp3) is 0.684. The van der Waals surface area contributed by atoms with Crippen molar-refractivity contribution in [2.24, 2.45) is 0 Å². The van der Waals surface area contributed by atoms with Gasteiger partial charge in [-0.2, -0.15) is 20.1 Å². The van der Waals surface area contributed by atoms with Gasteiger partial charge in [0, 0.05) is 37.3 Å². The predicted molar refractivity (Wildman–Crippen MR) is 107 cm³/mol. The van der Waals surface area contributed by atoms with Crippen LogP contribution in [0.5, 0.6) is 0 Å². The minimum absolute atomic E-state index is 0.294. The average Bonchev–Trinajstić information content (AvgIpc) is 3.23. The maximum absolute atomic E-state index is 5.66. The van der Waals surface area contributed by atoms with Crippen molar-refractivity contribution in [2.75, 3.05) is 48.0 Å². The molecular formula is C19H28N8O. The van der Waals surface area contributed by atoms with Crippen molar-refractivity contribution < 1.29 is 4.74 Å². The molecule has 3 aliphatic rings. The van der Waals surface area contributed by atoms with E-state index in [0.29, 0.717) is 31.1 Å². The Hall–Kier alpha value is -2.42. The molecule has 0 radical (unpaired) electrons. The lowest BCUT2D eigenvalue weighted by atomic mass is 10.2. The number of hydrogen-bond acceptors (Lipinski definition) is 8. The molecule has 4 heterocycles. The molecule has 5 rings (SSSR count). The first-order valence-corrected chi connectivity index (χ1v) is 10.5. The second-order valence-corrected chi connectivity index (χ2v) is 7.89. The first-order valence-electron chi connectivity index (χ1n) is 10.5. The van der Waals surface area contributed by atoms with Crippen LogP contribution in [0.4, 0.5) is 23.7 Å². The quantitative estimate of drug-likeness (QED) is 0.784. The highest BCUT2D eigenvalue weighted by Crippen LogP contribution is 2.39. The van der Waals surface area contributed by atoms with Gasteiger partial charge in [0.15, 0.2) is 5.82 Å². The summed E-state index contributed by atoms with van der Waals surface area (Å²) in [5.74, 6) is 3.44. The number of aromatic amines is 1. The van der Waals surface area contributed by atoms with E-state index in [4.69, 9.17) is 19.7 Å². The van der Waals surface area contributed by atoms with Crippen LogP contribution in [0.3, 0.4) is 0 Å². The molecule has 2 aliphatic heterocycles. The molecule has 1 saturated carbocycles. The van der Waals surface area contributed by atoms with E-state index in [1.807, 2.05) is 0 Å². The first kappa shape index (κ1) is 17.7. The molecule has 2 saturated heterocycles. The third kappa shape index (κ3) is 3.63. The number of morpholine rings is 1. The van der Waals surface area contributed by atoms with Crippen molar-refractivity contribution >= 4 is 23.7 Å². The normalized spacial score (nSPS) is 22.7. The van der Waals surface area contributed by atoms with E-state index in [1.54, 1.807) is 0 Å². The SMILES string of the molecule is CC[C@@H]1COCCN1c1nc(Nc2cc(C3CC3)[nH]n2)nc(N2CCCC2)n1. The third-order valence-electron chi connectivity index (χ3n) is 5.81.